The van der Waals surface area contributed by atoms with Crippen molar-refractivity contribution < 1.29 is 14.3 Å². The molecule has 1 aromatic rings. The van der Waals surface area contributed by atoms with Crippen LogP contribution >= 0.6 is 0 Å². The summed E-state index contributed by atoms with van der Waals surface area (Å²) in [6, 6.07) is 2.86. The lowest BCUT2D eigenvalue weighted by atomic mass is 9.68. The number of carbonyl (C=O) groups is 1. The number of nitrogens with zero attached hydrogens (tertiary/aromatic N) is 3. The molecule has 0 unspecified atom stereocenters. The van der Waals surface area contributed by atoms with E-state index in [4.69, 9.17) is 0 Å². The Morgan fingerprint density at radius 3 is 3.00 bits per heavy atom. The van der Waals surface area contributed by atoms with E-state index in [0.717, 1.165) is 13.0 Å². The molecular weight excluding hydrogens is 273 g/mol. The van der Waals surface area contributed by atoms with Crippen LogP contribution in [0.3, 0.4) is 0 Å². The van der Waals surface area contributed by atoms with Crippen LogP contribution < -0.4 is 4.90 Å². The Kier molecular flexibility index (Phi) is 3.57. The molecule has 5 nitrogen and oxygen atoms in total. The Hall–Kier alpha value is -1.69. The number of carboxylic acid groups (broad SMARTS) is 1. The summed E-state index contributed by atoms with van der Waals surface area (Å²) in [6.45, 7) is 1.93. The van der Waals surface area contributed by atoms with Crippen LogP contribution in [0.1, 0.15) is 19.3 Å². The van der Waals surface area contributed by atoms with E-state index in [2.05, 4.69) is 9.88 Å². The van der Waals surface area contributed by atoms with Gasteiger partial charge in [0.2, 0.25) is 0 Å². The highest BCUT2D eigenvalue weighted by molar-refractivity contribution is 5.76. The van der Waals surface area contributed by atoms with Crippen molar-refractivity contribution in [2.45, 2.75) is 25.3 Å². The van der Waals surface area contributed by atoms with Gasteiger partial charge in [-0.25, -0.2) is 9.37 Å². The first-order chi connectivity index (χ1) is 10.0. The number of anilines is 1. The van der Waals surface area contributed by atoms with Crippen LogP contribution in [0.4, 0.5) is 10.2 Å². The summed E-state index contributed by atoms with van der Waals surface area (Å²) in [5.41, 5.74) is -0.700. The summed E-state index contributed by atoms with van der Waals surface area (Å²) in [4.78, 5) is 19.9. The van der Waals surface area contributed by atoms with Gasteiger partial charge in [0.1, 0.15) is 0 Å². The van der Waals surface area contributed by atoms with Crippen molar-refractivity contribution in [3.8, 4) is 0 Å². The summed E-state index contributed by atoms with van der Waals surface area (Å²) in [5, 5.41) is 9.72. The molecule has 2 aliphatic rings. The fourth-order valence-corrected chi connectivity index (χ4v) is 3.79. The number of likely N-dealkylation sites (tertiary alicyclic amines) is 1. The molecule has 1 aromatic heterocycles. The SMILES string of the molecule is CN1CCC[C@]2(C(=O)O)CCN(c3ncccc3F)C[C@@H]12. The van der Waals surface area contributed by atoms with E-state index in [1.165, 1.54) is 6.07 Å². The number of rotatable bonds is 2. The maximum atomic E-state index is 13.9. The third-order valence-electron chi connectivity index (χ3n) is 4.99. The van der Waals surface area contributed by atoms with Crippen molar-refractivity contribution in [3.05, 3.63) is 24.1 Å². The topological polar surface area (TPSA) is 56.7 Å². The van der Waals surface area contributed by atoms with Gasteiger partial charge in [0, 0.05) is 25.3 Å². The minimum Gasteiger partial charge on any atom is -0.481 e. The van der Waals surface area contributed by atoms with Crippen LogP contribution in [0.15, 0.2) is 18.3 Å². The molecule has 2 saturated heterocycles. The number of carboxylic acids is 1. The molecule has 6 heteroatoms. The lowest BCUT2D eigenvalue weighted by Crippen LogP contribution is -2.63. The van der Waals surface area contributed by atoms with Gasteiger partial charge in [0.15, 0.2) is 11.6 Å². The van der Waals surface area contributed by atoms with Gasteiger partial charge in [-0.15, -0.1) is 0 Å². The highest BCUT2D eigenvalue weighted by atomic mass is 19.1. The summed E-state index contributed by atoms with van der Waals surface area (Å²) >= 11 is 0. The van der Waals surface area contributed by atoms with Gasteiger partial charge >= 0.3 is 5.97 Å². The van der Waals surface area contributed by atoms with Crippen LogP contribution in [-0.2, 0) is 4.79 Å². The molecule has 0 aliphatic carbocycles. The first-order valence-corrected chi connectivity index (χ1v) is 7.34. The van der Waals surface area contributed by atoms with E-state index in [0.29, 0.717) is 31.7 Å². The molecule has 21 heavy (non-hydrogen) atoms. The largest absolute Gasteiger partial charge is 0.481 e. The fourth-order valence-electron chi connectivity index (χ4n) is 3.79. The molecule has 3 rings (SSSR count). The summed E-state index contributed by atoms with van der Waals surface area (Å²) in [7, 11) is 1.96. The van der Waals surface area contributed by atoms with Crippen LogP contribution in [0.2, 0.25) is 0 Å². The van der Waals surface area contributed by atoms with Gasteiger partial charge in [0.05, 0.1) is 5.41 Å². The minimum atomic E-state index is -0.722. The van der Waals surface area contributed by atoms with E-state index in [1.54, 1.807) is 12.3 Å². The quantitative estimate of drug-likeness (QED) is 0.897. The Labute approximate surface area is 123 Å². The number of hydrogen-bond acceptors (Lipinski definition) is 4. The van der Waals surface area contributed by atoms with Crippen LogP contribution in [0.25, 0.3) is 0 Å². The first kappa shape index (κ1) is 14.3. The van der Waals surface area contributed by atoms with Gasteiger partial charge in [-0.3, -0.25) is 4.79 Å². The zero-order valence-corrected chi connectivity index (χ0v) is 12.1. The molecule has 2 aliphatic heterocycles. The number of fused-ring (bicyclic) bond motifs is 1. The average molecular weight is 293 g/mol. The van der Waals surface area contributed by atoms with Crippen LogP contribution in [0, 0.1) is 11.2 Å². The number of aliphatic carboxylic acids is 1. The highest BCUT2D eigenvalue weighted by Gasteiger charge is 2.52. The molecule has 0 spiro atoms. The van der Waals surface area contributed by atoms with Gasteiger partial charge in [-0.1, -0.05) is 0 Å². The molecule has 1 N–H and O–H groups in total. The molecule has 3 heterocycles. The summed E-state index contributed by atoms with van der Waals surface area (Å²) < 4.78 is 13.9. The highest BCUT2D eigenvalue weighted by Crippen LogP contribution is 2.43. The van der Waals surface area contributed by atoms with Crippen molar-refractivity contribution in [2.24, 2.45) is 5.41 Å². The first-order valence-electron chi connectivity index (χ1n) is 7.34. The molecule has 0 bridgehead atoms. The molecule has 2 fully saturated rings. The predicted octanol–water partition coefficient (Wildman–Crippen LogP) is 1.60. The second-order valence-electron chi connectivity index (χ2n) is 6.07. The summed E-state index contributed by atoms with van der Waals surface area (Å²) in [5.74, 6) is -0.741. The molecule has 0 saturated carbocycles. The average Bonchev–Trinajstić information content (AvgIpc) is 2.48. The smallest absolute Gasteiger partial charge is 0.311 e. The normalized spacial score (nSPS) is 30.0. The number of hydrogen-bond donors (Lipinski definition) is 1. The van der Waals surface area contributed by atoms with Crippen molar-refractivity contribution in [1.29, 1.82) is 0 Å². The molecule has 0 aromatic carbocycles. The zero-order chi connectivity index (χ0) is 15.0. The number of likely N-dealkylation sites (N-methyl/N-ethyl adjacent to an activating group) is 1. The second-order valence-corrected chi connectivity index (χ2v) is 6.07. The number of halogens is 1. The van der Waals surface area contributed by atoms with Gasteiger partial charge < -0.3 is 14.9 Å². The lowest BCUT2D eigenvalue weighted by Gasteiger charge is -2.52. The summed E-state index contributed by atoms with van der Waals surface area (Å²) in [6.07, 6.45) is 3.71. The molecule has 0 amide bonds. The standard InChI is InChI=1S/C15H20FN3O2/c1-18-8-3-5-15(14(20)21)6-9-19(10-12(15)18)13-11(16)4-2-7-17-13/h2,4,7,12H,3,5-6,8-10H2,1H3,(H,20,21)/t12-,15+/m1/s1. The Morgan fingerprint density at radius 1 is 1.48 bits per heavy atom. The van der Waals surface area contributed by atoms with E-state index in [1.807, 2.05) is 11.9 Å². The molecule has 114 valence electrons. The van der Waals surface area contributed by atoms with Crippen LogP contribution in [-0.4, -0.2) is 53.7 Å². The van der Waals surface area contributed by atoms with E-state index >= 15 is 0 Å². The van der Waals surface area contributed by atoms with Crippen molar-refractivity contribution >= 4 is 11.8 Å². The van der Waals surface area contributed by atoms with Gasteiger partial charge in [0.25, 0.3) is 0 Å². The third-order valence-corrected chi connectivity index (χ3v) is 4.99. The van der Waals surface area contributed by atoms with E-state index in [-0.39, 0.29) is 11.9 Å². The van der Waals surface area contributed by atoms with Crippen molar-refractivity contribution in [1.82, 2.24) is 9.88 Å². The van der Waals surface area contributed by atoms with Crippen molar-refractivity contribution in [3.63, 3.8) is 0 Å². The Balaban J connectivity index is 1.89. The zero-order valence-electron chi connectivity index (χ0n) is 12.1. The fraction of sp³-hybridized carbons (Fsp3) is 0.600. The Morgan fingerprint density at radius 2 is 2.29 bits per heavy atom. The minimum absolute atomic E-state index is 0.0982. The lowest BCUT2D eigenvalue weighted by molar-refractivity contribution is -0.158. The predicted molar refractivity (Wildman–Crippen MR) is 76.7 cm³/mol. The number of piperidine rings is 2. The molecule has 0 radical (unpaired) electrons. The van der Waals surface area contributed by atoms with Crippen molar-refractivity contribution in [2.75, 3.05) is 31.6 Å². The Bertz CT molecular complexity index is 553. The molecular formula is C15H20FN3O2. The molecule has 2 atom stereocenters. The maximum Gasteiger partial charge on any atom is 0.311 e. The third kappa shape index (κ3) is 2.27. The van der Waals surface area contributed by atoms with Gasteiger partial charge in [-0.2, -0.15) is 0 Å². The number of pyridine rings is 1. The van der Waals surface area contributed by atoms with Crippen LogP contribution in [0.5, 0.6) is 0 Å². The number of aromatic nitrogens is 1. The van der Waals surface area contributed by atoms with E-state index in [9.17, 15) is 14.3 Å². The monoisotopic (exact) mass is 293 g/mol. The second kappa shape index (κ2) is 5.26. The maximum absolute atomic E-state index is 13.9. The van der Waals surface area contributed by atoms with E-state index < -0.39 is 11.4 Å². The van der Waals surface area contributed by atoms with Gasteiger partial charge in [-0.05, 0) is 45.0 Å².